The van der Waals surface area contributed by atoms with E-state index < -0.39 is 0 Å². The highest BCUT2D eigenvalue weighted by molar-refractivity contribution is 7.86. The highest BCUT2D eigenvalue weighted by Gasteiger charge is 2.35. The molecule has 0 saturated heterocycles. The third-order valence-corrected chi connectivity index (χ3v) is 4.38. The zero-order valence-corrected chi connectivity index (χ0v) is 11.6. The van der Waals surface area contributed by atoms with Crippen LogP contribution in [0.3, 0.4) is 0 Å². The van der Waals surface area contributed by atoms with Crippen molar-refractivity contribution in [1.29, 1.82) is 0 Å². The Morgan fingerprint density at radius 2 is 2.00 bits per heavy atom. The fourth-order valence-electron chi connectivity index (χ4n) is 2.00. The summed E-state index contributed by atoms with van der Waals surface area (Å²) in [6.07, 6.45) is 1.07. The molecule has 78 valence electrons. The molecule has 0 bridgehead atoms. The van der Waals surface area contributed by atoms with Crippen molar-refractivity contribution in [3.63, 3.8) is 0 Å². The maximum absolute atomic E-state index is 5.41. The molecular weight excluding hydrogens is 228 g/mol. The topological polar surface area (TPSA) is 0 Å². The first-order chi connectivity index (χ1) is 6.27. The van der Waals surface area contributed by atoms with Crippen molar-refractivity contribution in [2.24, 2.45) is 11.3 Å². The number of hydrogen-bond acceptors (Lipinski definition) is 3. The molecule has 1 unspecified atom stereocenters. The van der Waals surface area contributed by atoms with Crippen LogP contribution in [0.2, 0.25) is 0 Å². The molecule has 1 aliphatic carbocycles. The zero-order valence-electron chi connectivity index (χ0n) is 9.05. The van der Waals surface area contributed by atoms with Crippen molar-refractivity contribution in [2.45, 2.75) is 34.1 Å². The lowest BCUT2D eigenvalue weighted by molar-refractivity contribution is 0.384. The van der Waals surface area contributed by atoms with Crippen molar-refractivity contribution in [3.8, 4) is 0 Å². The largest absolute Gasteiger partial charge is 0.147 e. The van der Waals surface area contributed by atoms with Gasteiger partial charge in [-0.1, -0.05) is 45.2 Å². The van der Waals surface area contributed by atoms with Crippen LogP contribution >= 0.6 is 37.1 Å². The van der Waals surface area contributed by atoms with E-state index in [1.165, 1.54) is 0 Å². The van der Waals surface area contributed by atoms with Crippen LogP contribution in [-0.2, 0) is 0 Å². The van der Waals surface area contributed by atoms with Gasteiger partial charge in [0.1, 0.15) is 0 Å². The molecule has 0 N–H and O–H groups in total. The van der Waals surface area contributed by atoms with Crippen LogP contribution in [-0.4, -0.2) is 9.73 Å². The van der Waals surface area contributed by atoms with E-state index in [1.807, 2.05) is 6.92 Å². The molecule has 0 saturated carbocycles. The van der Waals surface area contributed by atoms with Gasteiger partial charge in [-0.2, -0.15) is 0 Å². The van der Waals surface area contributed by atoms with E-state index in [4.69, 9.17) is 24.4 Å². The van der Waals surface area contributed by atoms with Gasteiger partial charge in [0.2, 0.25) is 0 Å². The van der Waals surface area contributed by atoms with Crippen LogP contribution in [0.5, 0.6) is 0 Å². The predicted molar refractivity (Wildman–Crippen MR) is 74.4 cm³/mol. The first kappa shape index (κ1) is 12.3. The Morgan fingerprint density at radius 1 is 1.50 bits per heavy atom. The highest BCUT2D eigenvalue weighted by Crippen LogP contribution is 2.43. The SMILES string of the molecule is CC(=S)C1=C(S)C(C)(C)CC(C)C1=S. The zero-order chi connectivity index (χ0) is 11.1. The number of allylic oxidation sites excluding steroid dienone is 2. The lowest BCUT2D eigenvalue weighted by Crippen LogP contribution is -2.31. The summed E-state index contributed by atoms with van der Waals surface area (Å²) in [6, 6.07) is 0. The normalized spacial score (nSPS) is 26.6. The molecule has 0 aromatic carbocycles. The quantitative estimate of drug-likeness (QED) is 0.547. The number of thiocarbonyl (C=S) groups is 2. The second-order valence-corrected chi connectivity index (χ2v) is 6.13. The van der Waals surface area contributed by atoms with Crippen molar-refractivity contribution in [2.75, 3.05) is 0 Å². The Kier molecular flexibility index (Phi) is 3.55. The van der Waals surface area contributed by atoms with Gasteiger partial charge < -0.3 is 0 Å². The average molecular weight is 244 g/mol. The molecule has 1 atom stereocenters. The van der Waals surface area contributed by atoms with Crippen molar-refractivity contribution < 1.29 is 0 Å². The molecule has 0 aliphatic heterocycles. The lowest BCUT2D eigenvalue weighted by Gasteiger charge is -2.36. The van der Waals surface area contributed by atoms with Gasteiger partial charge in [-0.15, -0.1) is 12.6 Å². The van der Waals surface area contributed by atoms with Gasteiger partial charge in [0.05, 0.1) is 0 Å². The van der Waals surface area contributed by atoms with Gasteiger partial charge in [-0.05, 0) is 29.6 Å². The Morgan fingerprint density at radius 3 is 2.43 bits per heavy atom. The minimum Gasteiger partial charge on any atom is -0.147 e. The van der Waals surface area contributed by atoms with Crippen LogP contribution in [0.15, 0.2) is 10.5 Å². The van der Waals surface area contributed by atoms with E-state index in [0.29, 0.717) is 5.92 Å². The highest BCUT2D eigenvalue weighted by atomic mass is 32.1. The third-order valence-electron chi connectivity index (χ3n) is 2.74. The molecule has 0 spiro atoms. The summed E-state index contributed by atoms with van der Waals surface area (Å²) in [5.74, 6) is 0.434. The molecule has 0 amide bonds. The van der Waals surface area contributed by atoms with Crippen LogP contribution in [0.25, 0.3) is 0 Å². The fraction of sp³-hybridized carbons (Fsp3) is 0.636. The second-order valence-electron chi connectivity index (χ2n) is 4.63. The Bertz CT molecular complexity index is 323. The Balaban J connectivity index is 3.30. The molecule has 0 nitrogen and oxygen atoms in total. The van der Waals surface area contributed by atoms with E-state index >= 15 is 0 Å². The maximum Gasteiger partial charge on any atom is 0.0272 e. The molecule has 0 fully saturated rings. The van der Waals surface area contributed by atoms with Crippen molar-refractivity contribution >= 4 is 46.8 Å². The molecule has 1 rings (SSSR count). The van der Waals surface area contributed by atoms with Crippen molar-refractivity contribution in [1.82, 2.24) is 0 Å². The van der Waals surface area contributed by atoms with Crippen LogP contribution in [0, 0.1) is 11.3 Å². The molecule has 0 radical (unpaired) electrons. The van der Waals surface area contributed by atoms with Crippen LogP contribution in [0.1, 0.15) is 34.1 Å². The first-order valence-electron chi connectivity index (χ1n) is 4.76. The molecule has 0 aromatic heterocycles. The molecular formula is C11H16S3. The van der Waals surface area contributed by atoms with Gasteiger partial charge >= 0.3 is 0 Å². The molecule has 1 aliphatic rings. The first-order valence-corrected chi connectivity index (χ1v) is 6.02. The minimum atomic E-state index is 0.111. The smallest absolute Gasteiger partial charge is 0.0272 e. The second kappa shape index (κ2) is 4.03. The maximum atomic E-state index is 5.41. The standard InChI is InChI=1S/C11H16S3/c1-6-5-11(3,4)10(14)8(7(2)12)9(6)13/h6,14H,5H2,1-4H3. The van der Waals surface area contributed by atoms with E-state index in [2.05, 4.69) is 33.4 Å². The Labute approximate surface area is 103 Å². The van der Waals surface area contributed by atoms with Crippen LogP contribution in [0.4, 0.5) is 0 Å². The van der Waals surface area contributed by atoms with Crippen molar-refractivity contribution in [3.05, 3.63) is 10.5 Å². The van der Waals surface area contributed by atoms with Gasteiger partial charge in [-0.25, -0.2) is 0 Å². The van der Waals surface area contributed by atoms with Gasteiger partial charge in [0.25, 0.3) is 0 Å². The fourth-order valence-corrected chi connectivity index (χ4v) is 3.14. The summed E-state index contributed by atoms with van der Waals surface area (Å²) in [4.78, 5) is 2.93. The van der Waals surface area contributed by atoms with Gasteiger partial charge in [0.15, 0.2) is 0 Å². The summed E-state index contributed by atoms with van der Waals surface area (Å²) in [6.45, 7) is 8.50. The number of thiol groups is 1. The monoisotopic (exact) mass is 244 g/mol. The predicted octanol–water partition coefficient (Wildman–Crippen LogP) is 4.00. The molecule has 14 heavy (non-hydrogen) atoms. The van der Waals surface area contributed by atoms with Gasteiger partial charge in [-0.3, -0.25) is 0 Å². The van der Waals surface area contributed by atoms with E-state index in [0.717, 1.165) is 26.6 Å². The summed E-state index contributed by atoms with van der Waals surface area (Å²) in [5, 5.41) is 0. The number of hydrogen-bond donors (Lipinski definition) is 1. The Hall–Kier alpha value is 0.270. The summed E-state index contributed by atoms with van der Waals surface area (Å²) >= 11 is 15.2. The third kappa shape index (κ3) is 2.10. The van der Waals surface area contributed by atoms with E-state index in [1.54, 1.807) is 0 Å². The molecule has 0 aromatic rings. The van der Waals surface area contributed by atoms with Gasteiger partial charge in [0, 0.05) is 15.3 Å². The summed E-state index contributed by atoms with van der Waals surface area (Å²) in [5.41, 5.74) is 1.15. The summed E-state index contributed by atoms with van der Waals surface area (Å²) < 4.78 is 0. The summed E-state index contributed by atoms with van der Waals surface area (Å²) in [7, 11) is 0. The molecule has 0 heterocycles. The average Bonchev–Trinajstić information content (AvgIpc) is 2.00. The number of rotatable bonds is 1. The van der Waals surface area contributed by atoms with Crippen LogP contribution < -0.4 is 0 Å². The molecule has 3 heteroatoms. The lowest BCUT2D eigenvalue weighted by atomic mass is 9.73. The van der Waals surface area contributed by atoms with E-state index in [-0.39, 0.29) is 5.41 Å². The minimum absolute atomic E-state index is 0.111. The van der Waals surface area contributed by atoms with E-state index in [9.17, 15) is 0 Å².